The molecule has 0 bridgehead atoms. The van der Waals surface area contributed by atoms with E-state index >= 15 is 0 Å². The van der Waals surface area contributed by atoms with Crippen LogP contribution in [0.3, 0.4) is 0 Å². The van der Waals surface area contributed by atoms with E-state index in [9.17, 15) is 13.2 Å². The molecule has 1 aliphatic rings. The maximum atomic E-state index is 13.3. The van der Waals surface area contributed by atoms with Crippen molar-refractivity contribution in [3.8, 4) is 0 Å². The van der Waals surface area contributed by atoms with Gasteiger partial charge in [0.2, 0.25) is 10.0 Å². The number of benzene rings is 2. The Morgan fingerprint density at radius 1 is 1.14 bits per heavy atom. The van der Waals surface area contributed by atoms with Crippen LogP contribution in [0.25, 0.3) is 21.7 Å². The summed E-state index contributed by atoms with van der Waals surface area (Å²) in [5.41, 5.74) is 2.38. The lowest BCUT2D eigenvalue weighted by molar-refractivity contribution is 0.248. The van der Waals surface area contributed by atoms with Crippen molar-refractivity contribution in [1.29, 1.82) is 0 Å². The van der Waals surface area contributed by atoms with Gasteiger partial charge >= 0.3 is 6.03 Å². The number of nitrogens with one attached hydrogen (secondary N) is 2. The molecular weight excluding hydrogens is 488 g/mol. The summed E-state index contributed by atoms with van der Waals surface area (Å²) in [6, 6.07) is 16.1. The number of nitrogens with zero attached hydrogens (tertiary/aromatic N) is 4. The van der Waals surface area contributed by atoms with E-state index in [2.05, 4.69) is 25.5 Å². The number of fused-ring (bicyclic) bond motifs is 2. The van der Waals surface area contributed by atoms with Gasteiger partial charge in [-0.05, 0) is 55.6 Å². The van der Waals surface area contributed by atoms with Crippen molar-refractivity contribution in [3.63, 3.8) is 0 Å². The van der Waals surface area contributed by atoms with E-state index in [4.69, 9.17) is 0 Å². The van der Waals surface area contributed by atoms with Crippen molar-refractivity contribution in [2.75, 3.05) is 38.5 Å². The molecule has 3 heterocycles. The molecule has 1 fully saturated rings. The lowest BCUT2D eigenvalue weighted by Crippen LogP contribution is -2.40. The number of aromatic nitrogens is 2. The van der Waals surface area contributed by atoms with Gasteiger partial charge in [-0.25, -0.2) is 13.2 Å². The number of urea groups is 1. The number of sulfonamides is 1. The molecule has 5 rings (SSSR count). The standard InChI is InChI=1S/C27H30N6O3S/c1-19-15-26(24-5-3-4-6-25(24)30-19)31-27(34)29-12-14-33-13-10-22(18-33)32(2)37(35,36)23-8-7-20-9-11-28-17-21(20)16-23/h3-9,11,15-17,22H,10,12-14,18H2,1-2H3,(H2,29,30,31,34). The van der Waals surface area contributed by atoms with Crippen LogP contribution in [0.5, 0.6) is 0 Å². The summed E-state index contributed by atoms with van der Waals surface area (Å²) in [5.74, 6) is 0. The fourth-order valence-electron chi connectivity index (χ4n) is 4.80. The lowest BCUT2D eigenvalue weighted by atomic mass is 10.1. The first-order valence-electron chi connectivity index (χ1n) is 12.3. The van der Waals surface area contributed by atoms with Gasteiger partial charge in [0.15, 0.2) is 0 Å². The zero-order chi connectivity index (χ0) is 26.0. The second kappa shape index (κ2) is 10.4. The first-order chi connectivity index (χ1) is 17.8. The van der Waals surface area contributed by atoms with Crippen LogP contribution >= 0.6 is 0 Å². The molecule has 1 saturated heterocycles. The molecular formula is C27H30N6O3S. The molecule has 9 nitrogen and oxygen atoms in total. The number of carbonyl (C=O) groups excluding carboxylic acids is 1. The van der Waals surface area contributed by atoms with E-state index in [1.807, 2.05) is 49.4 Å². The van der Waals surface area contributed by atoms with Crippen molar-refractivity contribution < 1.29 is 13.2 Å². The third-order valence-corrected chi connectivity index (χ3v) is 8.76. The fourth-order valence-corrected chi connectivity index (χ4v) is 6.22. The SMILES string of the molecule is Cc1cc(NC(=O)NCCN2CCC(N(C)S(=O)(=O)c3ccc4ccncc4c3)C2)c2ccccc2n1. The normalized spacial score (nSPS) is 16.5. The van der Waals surface area contributed by atoms with Crippen molar-refractivity contribution >= 4 is 43.4 Å². The van der Waals surface area contributed by atoms with Crippen LogP contribution in [-0.2, 0) is 10.0 Å². The van der Waals surface area contributed by atoms with Crippen molar-refractivity contribution in [2.45, 2.75) is 24.3 Å². The van der Waals surface area contributed by atoms with Gasteiger partial charge in [-0.2, -0.15) is 4.31 Å². The lowest BCUT2D eigenvalue weighted by Gasteiger charge is -2.24. The third-order valence-electron chi connectivity index (χ3n) is 6.86. The highest BCUT2D eigenvalue weighted by atomic mass is 32.2. The molecule has 10 heteroatoms. The summed E-state index contributed by atoms with van der Waals surface area (Å²) in [5, 5.41) is 8.47. The van der Waals surface area contributed by atoms with Gasteiger partial charge in [0.05, 0.1) is 16.1 Å². The first kappa shape index (κ1) is 25.1. The van der Waals surface area contributed by atoms with Crippen molar-refractivity contribution in [2.24, 2.45) is 0 Å². The third kappa shape index (κ3) is 5.41. The monoisotopic (exact) mass is 518 g/mol. The molecule has 2 N–H and O–H groups in total. The molecule has 1 atom stereocenters. The molecule has 0 radical (unpaired) electrons. The highest BCUT2D eigenvalue weighted by molar-refractivity contribution is 7.89. The Hall–Kier alpha value is -3.60. The number of hydrogen-bond acceptors (Lipinski definition) is 6. The second-order valence-corrected chi connectivity index (χ2v) is 11.4. The Bertz CT molecular complexity index is 1560. The molecule has 1 aliphatic heterocycles. The summed E-state index contributed by atoms with van der Waals surface area (Å²) < 4.78 is 28.0. The van der Waals surface area contributed by atoms with Gasteiger partial charge in [0, 0.05) is 61.6 Å². The summed E-state index contributed by atoms with van der Waals surface area (Å²) >= 11 is 0. The number of hydrogen-bond donors (Lipinski definition) is 2. The highest BCUT2D eigenvalue weighted by Crippen LogP contribution is 2.25. The van der Waals surface area contributed by atoms with E-state index in [0.29, 0.717) is 19.6 Å². The molecule has 0 aliphatic carbocycles. The predicted octanol–water partition coefficient (Wildman–Crippen LogP) is 3.61. The van der Waals surface area contributed by atoms with E-state index in [1.165, 1.54) is 4.31 Å². The van der Waals surface area contributed by atoms with Crippen LogP contribution in [0, 0.1) is 6.92 Å². The number of para-hydroxylation sites is 1. The van der Waals surface area contributed by atoms with E-state index < -0.39 is 10.0 Å². The van der Waals surface area contributed by atoms with Gasteiger partial charge in [0.25, 0.3) is 0 Å². The maximum absolute atomic E-state index is 13.3. The number of pyridine rings is 2. The number of rotatable bonds is 7. The minimum Gasteiger partial charge on any atom is -0.337 e. The Kier molecular flexibility index (Phi) is 7.05. The average molecular weight is 519 g/mol. The predicted molar refractivity (Wildman–Crippen MR) is 145 cm³/mol. The molecule has 4 aromatic rings. The molecule has 0 spiro atoms. The minimum absolute atomic E-state index is 0.130. The Morgan fingerprint density at radius 2 is 1.97 bits per heavy atom. The van der Waals surface area contributed by atoms with E-state index in [1.54, 1.807) is 31.6 Å². The Labute approximate surface area is 216 Å². The van der Waals surface area contributed by atoms with Gasteiger partial charge < -0.3 is 10.6 Å². The zero-order valence-corrected chi connectivity index (χ0v) is 21.7. The number of aryl methyl sites for hydroxylation is 1. The number of carbonyl (C=O) groups is 1. The number of likely N-dealkylation sites (tertiary alicyclic amines) is 1. The van der Waals surface area contributed by atoms with Crippen LogP contribution in [-0.4, -0.2) is 72.9 Å². The van der Waals surface area contributed by atoms with Gasteiger partial charge in [0.1, 0.15) is 0 Å². The van der Waals surface area contributed by atoms with Crippen LogP contribution in [0.4, 0.5) is 10.5 Å². The molecule has 0 saturated carbocycles. The summed E-state index contributed by atoms with van der Waals surface area (Å²) in [6.45, 7) is 4.37. The first-order valence-corrected chi connectivity index (χ1v) is 13.7. The number of likely N-dealkylation sites (N-methyl/N-ethyl adjacent to an activating group) is 1. The smallest absolute Gasteiger partial charge is 0.319 e. The molecule has 2 amide bonds. The van der Waals surface area contributed by atoms with E-state index in [0.717, 1.165) is 46.0 Å². The number of anilines is 1. The maximum Gasteiger partial charge on any atom is 0.319 e. The van der Waals surface area contributed by atoms with Gasteiger partial charge in [-0.1, -0.05) is 24.3 Å². The second-order valence-electron chi connectivity index (χ2n) is 9.36. The summed E-state index contributed by atoms with van der Waals surface area (Å²) in [7, 11) is -1.99. The molecule has 37 heavy (non-hydrogen) atoms. The van der Waals surface area contributed by atoms with Crippen LogP contribution in [0.1, 0.15) is 12.1 Å². The zero-order valence-electron chi connectivity index (χ0n) is 20.9. The summed E-state index contributed by atoms with van der Waals surface area (Å²) in [4.78, 5) is 23.6. The molecule has 192 valence electrons. The quantitative estimate of drug-likeness (QED) is 0.387. The van der Waals surface area contributed by atoms with Crippen LogP contribution in [0.2, 0.25) is 0 Å². The van der Waals surface area contributed by atoms with Gasteiger partial charge in [-0.3, -0.25) is 14.9 Å². The number of amides is 2. The molecule has 2 aromatic heterocycles. The largest absolute Gasteiger partial charge is 0.337 e. The van der Waals surface area contributed by atoms with Crippen molar-refractivity contribution in [3.05, 3.63) is 72.7 Å². The molecule has 1 unspecified atom stereocenters. The summed E-state index contributed by atoms with van der Waals surface area (Å²) in [6.07, 6.45) is 4.10. The average Bonchev–Trinajstić information content (AvgIpc) is 3.36. The minimum atomic E-state index is -3.63. The Balaban J connectivity index is 1.14. The topological polar surface area (TPSA) is 108 Å². The fraction of sp³-hybridized carbons (Fsp3) is 0.296. The van der Waals surface area contributed by atoms with Crippen LogP contribution in [0.15, 0.2) is 71.9 Å². The Morgan fingerprint density at radius 3 is 2.84 bits per heavy atom. The van der Waals surface area contributed by atoms with Gasteiger partial charge in [-0.15, -0.1) is 0 Å². The highest BCUT2D eigenvalue weighted by Gasteiger charge is 2.33. The van der Waals surface area contributed by atoms with Crippen LogP contribution < -0.4 is 10.6 Å². The molecule has 2 aromatic carbocycles. The van der Waals surface area contributed by atoms with Crippen molar-refractivity contribution in [1.82, 2.24) is 24.5 Å². The van der Waals surface area contributed by atoms with E-state index in [-0.39, 0.29) is 17.0 Å².